The summed E-state index contributed by atoms with van der Waals surface area (Å²) in [6.07, 6.45) is 2.24. The minimum absolute atomic E-state index is 0.135. The number of carbonyl (C=O) groups excluding carboxylic acids is 2. The lowest BCUT2D eigenvalue weighted by atomic mass is 10.1. The Kier molecular flexibility index (Phi) is 4.05. The number of rotatable bonds is 3. The number of aryl methyl sites for hydroxylation is 1. The average Bonchev–Trinajstić information content (AvgIpc) is 3.31. The summed E-state index contributed by atoms with van der Waals surface area (Å²) in [6, 6.07) is 16.5. The Morgan fingerprint density at radius 2 is 1.92 bits per heavy atom. The maximum atomic E-state index is 12.5. The predicted octanol–water partition coefficient (Wildman–Crippen LogP) is 4.04. The molecule has 2 amide bonds. The van der Waals surface area contributed by atoms with E-state index in [4.69, 9.17) is 4.42 Å². The van der Waals surface area contributed by atoms with E-state index in [-0.39, 0.29) is 11.8 Å². The van der Waals surface area contributed by atoms with Gasteiger partial charge < -0.3 is 14.6 Å². The molecule has 0 atom stereocenters. The first-order valence-corrected chi connectivity index (χ1v) is 8.49. The van der Waals surface area contributed by atoms with Crippen LogP contribution in [0.4, 0.5) is 11.4 Å². The van der Waals surface area contributed by atoms with Crippen molar-refractivity contribution in [1.82, 2.24) is 0 Å². The minimum atomic E-state index is -0.148. The molecule has 0 saturated carbocycles. The highest BCUT2D eigenvalue weighted by atomic mass is 16.3. The summed E-state index contributed by atoms with van der Waals surface area (Å²) in [5.74, 6) is 0.0461. The fourth-order valence-electron chi connectivity index (χ4n) is 3.25. The van der Waals surface area contributed by atoms with Gasteiger partial charge in [0.1, 0.15) is 0 Å². The minimum Gasteiger partial charge on any atom is -0.459 e. The molecule has 130 valence electrons. The molecule has 0 saturated heterocycles. The molecule has 1 aromatic heterocycles. The number of nitrogens with one attached hydrogen (secondary N) is 1. The van der Waals surface area contributed by atoms with Gasteiger partial charge in [0, 0.05) is 23.5 Å². The molecular formula is C21H18N2O3. The van der Waals surface area contributed by atoms with Crippen LogP contribution in [0.2, 0.25) is 0 Å². The van der Waals surface area contributed by atoms with Gasteiger partial charge in [0.25, 0.3) is 11.8 Å². The summed E-state index contributed by atoms with van der Waals surface area (Å²) in [4.78, 5) is 26.7. The quantitative estimate of drug-likeness (QED) is 0.778. The summed E-state index contributed by atoms with van der Waals surface area (Å²) >= 11 is 0. The first-order valence-electron chi connectivity index (χ1n) is 8.49. The van der Waals surface area contributed by atoms with Gasteiger partial charge in [-0.2, -0.15) is 0 Å². The molecule has 2 heterocycles. The Hall–Kier alpha value is -3.34. The summed E-state index contributed by atoms with van der Waals surface area (Å²) in [5, 5.41) is 2.94. The number of nitrogens with zero attached hydrogens (tertiary/aromatic N) is 1. The van der Waals surface area contributed by atoms with Crippen molar-refractivity contribution in [2.24, 2.45) is 0 Å². The summed E-state index contributed by atoms with van der Waals surface area (Å²) < 4.78 is 5.21. The second kappa shape index (κ2) is 6.52. The van der Waals surface area contributed by atoms with Crippen LogP contribution in [0.25, 0.3) is 0 Å². The number of fused-ring (bicyclic) bond motifs is 1. The zero-order chi connectivity index (χ0) is 18.1. The first-order chi connectivity index (χ1) is 12.6. The van der Waals surface area contributed by atoms with Crippen LogP contribution in [-0.4, -0.2) is 18.4 Å². The van der Waals surface area contributed by atoms with Gasteiger partial charge in [0.2, 0.25) is 0 Å². The van der Waals surface area contributed by atoms with Crippen LogP contribution in [0, 0.1) is 6.92 Å². The molecule has 4 rings (SSSR count). The number of furan rings is 1. The van der Waals surface area contributed by atoms with E-state index in [9.17, 15) is 9.59 Å². The van der Waals surface area contributed by atoms with E-state index in [0.29, 0.717) is 17.9 Å². The zero-order valence-corrected chi connectivity index (χ0v) is 14.4. The van der Waals surface area contributed by atoms with Gasteiger partial charge >= 0.3 is 0 Å². The predicted molar refractivity (Wildman–Crippen MR) is 99.7 cm³/mol. The standard InChI is InChI=1S/C21H18N2O3/c1-14-5-2-3-6-17(14)20(24)22-16-8-9-18-15(13-16)10-11-23(18)21(25)19-7-4-12-26-19/h2-9,12-13H,10-11H2,1H3,(H,22,24). The lowest BCUT2D eigenvalue weighted by molar-refractivity contribution is 0.0962. The van der Waals surface area contributed by atoms with Crippen LogP contribution in [0.5, 0.6) is 0 Å². The molecule has 0 unspecified atom stereocenters. The molecule has 0 fully saturated rings. The Balaban J connectivity index is 1.54. The fourth-order valence-corrected chi connectivity index (χ4v) is 3.25. The molecule has 0 bridgehead atoms. The SMILES string of the molecule is Cc1ccccc1C(=O)Nc1ccc2c(c1)CCN2C(=O)c1ccco1. The maximum absolute atomic E-state index is 12.5. The van der Waals surface area contributed by atoms with Gasteiger partial charge in [-0.3, -0.25) is 9.59 Å². The number of benzene rings is 2. The Bertz CT molecular complexity index is 977. The molecule has 2 aromatic carbocycles. The third-order valence-corrected chi connectivity index (χ3v) is 4.60. The van der Waals surface area contributed by atoms with E-state index in [1.165, 1.54) is 6.26 Å². The van der Waals surface area contributed by atoms with Gasteiger partial charge in [-0.05, 0) is 60.9 Å². The van der Waals surface area contributed by atoms with Crippen LogP contribution in [0.15, 0.2) is 65.3 Å². The molecule has 1 aliphatic heterocycles. The first kappa shape index (κ1) is 16.1. The molecular weight excluding hydrogens is 328 g/mol. The second-order valence-corrected chi connectivity index (χ2v) is 6.30. The highest BCUT2D eigenvalue weighted by Crippen LogP contribution is 2.32. The molecule has 3 aromatic rings. The smallest absolute Gasteiger partial charge is 0.293 e. The van der Waals surface area contributed by atoms with E-state index < -0.39 is 0 Å². The van der Waals surface area contributed by atoms with Crippen molar-refractivity contribution in [2.75, 3.05) is 16.8 Å². The van der Waals surface area contributed by atoms with Crippen LogP contribution >= 0.6 is 0 Å². The Morgan fingerprint density at radius 1 is 1.08 bits per heavy atom. The van der Waals surface area contributed by atoms with E-state index >= 15 is 0 Å². The van der Waals surface area contributed by atoms with Crippen molar-refractivity contribution >= 4 is 23.2 Å². The normalized spacial score (nSPS) is 12.7. The summed E-state index contributed by atoms with van der Waals surface area (Å²) in [6.45, 7) is 2.51. The van der Waals surface area contributed by atoms with E-state index in [1.807, 2.05) is 49.4 Å². The van der Waals surface area contributed by atoms with Crippen LogP contribution < -0.4 is 10.2 Å². The van der Waals surface area contributed by atoms with Crippen LogP contribution in [0.3, 0.4) is 0 Å². The number of hydrogen-bond acceptors (Lipinski definition) is 3. The third-order valence-electron chi connectivity index (χ3n) is 4.60. The van der Waals surface area contributed by atoms with Crippen molar-refractivity contribution in [3.05, 3.63) is 83.3 Å². The van der Waals surface area contributed by atoms with Gasteiger partial charge in [0.15, 0.2) is 5.76 Å². The second-order valence-electron chi connectivity index (χ2n) is 6.30. The number of anilines is 2. The summed E-state index contributed by atoms with van der Waals surface area (Å²) in [5.41, 5.74) is 4.21. The highest BCUT2D eigenvalue weighted by Gasteiger charge is 2.27. The van der Waals surface area contributed by atoms with Gasteiger partial charge in [0.05, 0.1) is 6.26 Å². The average molecular weight is 346 g/mol. The lowest BCUT2D eigenvalue weighted by Crippen LogP contribution is -2.28. The molecule has 0 radical (unpaired) electrons. The monoisotopic (exact) mass is 346 g/mol. The van der Waals surface area contributed by atoms with Crippen molar-refractivity contribution in [1.29, 1.82) is 0 Å². The van der Waals surface area contributed by atoms with Crippen molar-refractivity contribution < 1.29 is 14.0 Å². The molecule has 5 nitrogen and oxygen atoms in total. The van der Waals surface area contributed by atoms with E-state index in [2.05, 4.69) is 5.32 Å². The van der Waals surface area contributed by atoms with Gasteiger partial charge in [-0.15, -0.1) is 0 Å². The third kappa shape index (κ3) is 2.88. The molecule has 5 heteroatoms. The van der Waals surface area contributed by atoms with E-state index in [0.717, 1.165) is 28.9 Å². The Morgan fingerprint density at radius 3 is 2.69 bits per heavy atom. The largest absolute Gasteiger partial charge is 0.459 e. The Labute approximate surface area is 151 Å². The number of hydrogen-bond donors (Lipinski definition) is 1. The molecule has 1 N–H and O–H groups in total. The van der Waals surface area contributed by atoms with Crippen LogP contribution in [0.1, 0.15) is 32.0 Å². The van der Waals surface area contributed by atoms with Crippen molar-refractivity contribution in [2.45, 2.75) is 13.3 Å². The highest BCUT2D eigenvalue weighted by molar-refractivity contribution is 6.07. The zero-order valence-electron chi connectivity index (χ0n) is 14.4. The lowest BCUT2D eigenvalue weighted by Gasteiger charge is -2.16. The van der Waals surface area contributed by atoms with Crippen molar-refractivity contribution in [3.63, 3.8) is 0 Å². The molecule has 0 spiro atoms. The number of amides is 2. The van der Waals surface area contributed by atoms with Crippen LogP contribution in [-0.2, 0) is 6.42 Å². The van der Waals surface area contributed by atoms with E-state index in [1.54, 1.807) is 17.0 Å². The topological polar surface area (TPSA) is 62.6 Å². The maximum Gasteiger partial charge on any atom is 0.293 e. The van der Waals surface area contributed by atoms with Gasteiger partial charge in [-0.1, -0.05) is 18.2 Å². The molecule has 0 aliphatic carbocycles. The fraction of sp³-hybridized carbons (Fsp3) is 0.143. The van der Waals surface area contributed by atoms with Gasteiger partial charge in [-0.25, -0.2) is 0 Å². The molecule has 1 aliphatic rings. The summed E-state index contributed by atoms with van der Waals surface area (Å²) in [7, 11) is 0. The van der Waals surface area contributed by atoms with Crippen molar-refractivity contribution in [3.8, 4) is 0 Å². The molecule has 26 heavy (non-hydrogen) atoms. The number of carbonyl (C=O) groups is 2.